The van der Waals surface area contributed by atoms with Crippen LogP contribution in [0.2, 0.25) is 0 Å². The van der Waals surface area contributed by atoms with Crippen LogP contribution >= 0.6 is 0 Å². The second kappa shape index (κ2) is 12.9. The van der Waals surface area contributed by atoms with E-state index in [0.717, 1.165) is 42.7 Å². The SMILES string of the molecule is O=C(O)c1ccc(-c2ccc(OCCCCCCCCCCCO)cc2)cc1. The molecular weight excluding hydrogens is 352 g/mol. The van der Waals surface area contributed by atoms with Gasteiger partial charge in [-0.25, -0.2) is 4.79 Å². The van der Waals surface area contributed by atoms with E-state index in [4.69, 9.17) is 14.9 Å². The largest absolute Gasteiger partial charge is 0.494 e. The van der Waals surface area contributed by atoms with Crippen molar-refractivity contribution in [2.24, 2.45) is 0 Å². The van der Waals surface area contributed by atoms with Gasteiger partial charge in [-0.2, -0.15) is 0 Å². The van der Waals surface area contributed by atoms with E-state index in [9.17, 15) is 4.79 Å². The van der Waals surface area contributed by atoms with Crippen molar-refractivity contribution in [3.8, 4) is 16.9 Å². The van der Waals surface area contributed by atoms with Crippen molar-refractivity contribution in [3.05, 3.63) is 54.1 Å². The fourth-order valence-electron chi connectivity index (χ4n) is 3.19. The minimum atomic E-state index is -0.909. The van der Waals surface area contributed by atoms with E-state index in [-0.39, 0.29) is 0 Å². The first-order valence-electron chi connectivity index (χ1n) is 10.4. The highest BCUT2D eigenvalue weighted by Gasteiger charge is 2.03. The van der Waals surface area contributed by atoms with Crippen LogP contribution in [0.1, 0.15) is 68.1 Å². The summed E-state index contributed by atoms with van der Waals surface area (Å²) in [7, 11) is 0. The molecule has 0 atom stereocenters. The van der Waals surface area contributed by atoms with Gasteiger partial charge in [0.25, 0.3) is 0 Å². The average Bonchev–Trinajstić information content (AvgIpc) is 2.72. The zero-order valence-corrected chi connectivity index (χ0v) is 16.6. The fourth-order valence-corrected chi connectivity index (χ4v) is 3.19. The number of aromatic carboxylic acids is 1. The van der Waals surface area contributed by atoms with Crippen molar-refractivity contribution in [1.82, 2.24) is 0 Å². The van der Waals surface area contributed by atoms with E-state index in [1.165, 1.54) is 38.5 Å². The van der Waals surface area contributed by atoms with Crippen molar-refractivity contribution in [2.75, 3.05) is 13.2 Å². The van der Waals surface area contributed by atoms with E-state index in [0.29, 0.717) is 12.2 Å². The maximum Gasteiger partial charge on any atom is 0.335 e. The summed E-state index contributed by atoms with van der Waals surface area (Å²) >= 11 is 0. The predicted molar refractivity (Wildman–Crippen MR) is 113 cm³/mol. The molecule has 2 aromatic carbocycles. The molecule has 152 valence electrons. The first kappa shape index (κ1) is 22.0. The maximum atomic E-state index is 10.9. The molecular formula is C24H32O4. The Morgan fingerprint density at radius 2 is 1.14 bits per heavy atom. The Kier molecular flexibility index (Phi) is 10.2. The summed E-state index contributed by atoms with van der Waals surface area (Å²) in [6.45, 7) is 1.06. The Balaban J connectivity index is 1.59. The second-order valence-corrected chi connectivity index (χ2v) is 7.16. The van der Waals surface area contributed by atoms with Gasteiger partial charge < -0.3 is 14.9 Å². The third-order valence-corrected chi connectivity index (χ3v) is 4.89. The van der Waals surface area contributed by atoms with E-state index in [2.05, 4.69) is 0 Å². The monoisotopic (exact) mass is 384 g/mol. The Labute approximate surface area is 168 Å². The highest BCUT2D eigenvalue weighted by Crippen LogP contribution is 2.23. The van der Waals surface area contributed by atoms with Crippen LogP contribution in [-0.2, 0) is 0 Å². The number of carbonyl (C=O) groups is 1. The lowest BCUT2D eigenvalue weighted by atomic mass is 10.0. The number of aliphatic hydroxyl groups excluding tert-OH is 1. The molecule has 2 N–H and O–H groups in total. The Bertz CT molecular complexity index is 677. The molecule has 28 heavy (non-hydrogen) atoms. The summed E-state index contributed by atoms with van der Waals surface area (Å²) in [5.41, 5.74) is 2.33. The lowest BCUT2D eigenvalue weighted by Crippen LogP contribution is -1.97. The first-order chi connectivity index (χ1) is 13.7. The van der Waals surface area contributed by atoms with Crippen LogP contribution in [0.4, 0.5) is 0 Å². The molecule has 0 aromatic heterocycles. The van der Waals surface area contributed by atoms with Gasteiger partial charge >= 0.3 is 5.97 Å². The normalized spacial score (nSPS) is 10.8. The Morgan fingerprint density at radius 3 is 1.64 bits per heavy atom. The summed E-state index contributed by atoms with van der Waals surface area (Å²) in [6, 6.07) is 14.8. The van der Waals surface area contributed by atoms with Crippen LogP contribution in [-0.4, -0.2) is 29.4 Å². The molecule has 0 spiro atoms. The standard InChI is InChI=1S/C24H32O4/c25-18-8-6-4-2-1-3-5-7-9-19-28-23-16-14-21(15-17-23)20-10-12-22(13-11-20)24(26)27/h10-17,25H,1-9,18-19H2,(H,26,27). The predicted octanol–water partition coefficient (Wildman–Crippen LogP) is 5.93. The van der Waals surface area contributed by atoms with Crippen molar-refractivity contribution < 1.29 is 19.7 Å². The summed E-state index contributed by atoms with van der Waals surface area (Å²) in [5.74, 6) is -0.0388. The molecule has 0 saturated heterocycles. The summed E-state index contributed by atoms with van der Waals surface area (Å²) in [4.78, 5) is 10.9. The molecule has 0 amide bonds. The van der Waals surface area contributed by atoms with Gasteiger partial charge in [0.05, 0.1) is 12.2 Å². The first-order valence-corrected chi connectivity index (χ1v) is 10.4. The van der Waals surface area contributed by atoms with E-state index >= 15 is 0 Å². The summed E-state index contributed by atoms with van der Waals surface area (Å²) < 4.78 is 5.82. The number of ether oxygens (including phenoxy) is 1. The molecule has 0 aliphatic rings. The molecule has 2 rings (SSSR count). The number of hydrogen-bond acceptors (Lipinski definition) is 3. The number of carboxylic acids is 1. The Hall–Kier alpha value is -2.33. The molecule has 0 bridgehead atoms. The number of unbranched alkanes of at least 4 members (excludes halogenated alkanes) is 8. The highest BCUT2D eigenvalue weighted by atomic mass is 16.5. The summed E-state index contributed by atoms with van der Waals surface area (Å²) in [6.07, 6.45) is 10.7. The average molecular weight is 385 g/mol. The van der Waals surface area contributed by atoms with Gasteiger partial charge in [-0.1, -0.05) is 69.2 Å². The number of hydrogen-bond donors (Lipinski definition) is 2. The van der Waals surface area contributed by atoms with Crippen molar-refractivity contribution in [1.29, 1.82) is 0 Å². The molecule has 0 saturated carbocycles. The lowest BCUT2D eigenvalue weighted by Gasteiger charge is -2.08. The molecule has 0 aliphatic heterocycles. The number of carboxylic acid groups (broad SMARTS) is 1. The van der Waals surface area contributed by atoms with Crippen LogP contribution in [0, 0.1) is 0 Å². The molecule has 4 nitrogen and oxygen atoms in total. The molecule has 0 radical (unpaired) electrons. The van der Waals surface area contributed by atoms with Crippen molar-refractivity contribution in [3.63, 3.8) is 0 Å². The van der Waals surface area contributed by atoms with E-state index in [1.54, 1.807) is 12.1 Å². The van der Waals surface area contributed by atoms with E-state index < -0.39 is 5.97 Å². The number of rotatable bonds is 14. The number of benzene rings is 2. The molecule has 0 fully saturated rings. The van der Waals surface area contributed by atoms with Crippen LogP contribution in [0.15, 0.2) is 48.5 Å². The third-order valence-electron chi connectivity index (χ3n) is 4.89. The molecule has 0 aliphatic carbocycles. The fraction of sp³-hybridized carbons (Fsp3) is 0.458. The minimum absolute atomic E-state index is 0.297. The van der Waals surface area contributed by atoms with Gasteiger partial charge in [0.15, 0.2) is 0 Å². The van der Waals surface area contributed by atoms with Crippen LogP contribution < -0.4 is 4.74 Å². The van der Waals surface area contributed by atoms with E-state index in [1.807, 2.05) is 36.4 Å². The third kappa shape index (κ3) is 8.13. The van der Waals surface area contributed by atoms with Gasteiger partial charge in [0, 0.05) is 6.61 Å². The van der Waals surface area contributed by atoms with Gasteiger partial charge in [0.2, 0.25) is 0 Å². The van der Waals surface area contributed by atoms with Gasteiger partial charge in [-0.05, 0) is 48.2 Å². The van der Waals surface area contributed by atoms with Gasteiger partial charge in [-0.3, -0.25) is 0 Å². The molecule has 2 aromatic rings. The van der Waals surface area contributed by atoms with Gasteiger partial charge in [0.1, 0.15) is 5.75 Å². The molecule has 0 unspecified atom stereocenters. The molecule has 4 heteroatoms. The zero-order chi connectivity index (χ0) is 20.0. The second-order valence-electron chi connectivity index (χ2n) is 7.16. The Morgan fingerprint density at radius 1 is 0.679 bits per heavy atom. The summed E-state index contributed by atoms with van der Waals surface area (Å²) in [5, 5.41) is 17.7. The topological polar surface area (TPSA) is 66.8 Å². The lowest BCUT2D eigenvalue weighted by molar-refractivity contribution is 0.0697. The molecule has 0 heterocycles. The van der Waals surface area contributed by atoms with Crippen molar-refractivity contribution >= 4 is 5.97 Å². The van der Waals surface area contributed by atoms with Crippen LogP contribution in [0.5, 0.6) is 5.75 Å². The van der Waals surface area contributed by atoms with Crippen molar-refractivity contribution in [2.45, 2.75) is 57.8 Å². The minimum Gasteiger partial charge on any atom is -0.494 e. The van der Waals surface area contributed by atoms with Crippen LogP contribution in [0.25, 0.3) is 11.1 Å². The smallest absolute Gasteiger partial charge is 0.335 e. The maximum absolute atomic E-state index is 10.9. The van der Waals surface area contributed by atoms with Crippen LogP contribution in [0.3, 0.4) is 0 Å². The quantitative estimate of drug-likeness (QED) is 0.396. The number of aliphatic hydroxyl groups is 1. The zero-order valence-electron chi connectivity index (χ0n) is 16.6. The van der Waals surface area contributed by atoms with Gasteiger partial charge in [-0.15, -0.1) is 0 Å². The highest BCUT2D eigenvalue weighted by molar-refractivity contribution is 5.88.